The highest BCUT2D eigenvalue weighted by Gasteiger charge is 2.27. The second-order valence-corrected chi connectivity index (χ2v) is 6.83. The summed E-state index contributed by atoms with van der Waals surface area (Å²) in [6, 6.07) is 9.16. The summed E-state index contributed by atoms with van der Waals surface area (Å²) < 4.78 is 29.2. The second kappa shape index (κ2) is 6.17. The number of rotatable bonds is 5. The van der Waals surface area contributed by atoms with Crippen LogP contribution in [0.1, 0.15) is 30.6 Å². The quantitative estimate of drug-likeness (QED) is 0.918. The average molecular weight is 328 g/mol. The SMILES string of the molecule is CCC(NS(=O)(=O)c1c(C)nn(C)c1Cl)c1ccccc1. The van der Waals surface area contributed by atoms with Crippen LogP contribution in [-0.2, 0) is 17.1 Å². The van der Waals surface area contributed by atoms with Crippen molar-refractivity contribution in [1.29, 1.82) is 0 Å². The molecular formula is C14H18ClN3O2S. The van der Waals surface area contributed by atoms with E-state index in [0.717, 1.165) is 5.56 Å². The zero-order valence-electron chi connectivity index (χ0n) is 12.2. The van der Waals surface area contributed by atoms with Crippen LogP contribution >= 0.6 is 11.6 Å². The second-order valence-electron chi connectivity index (χ2n) is 4.82. The van der Waals surface area contributed by atoms with Crippen LogP contribution in [0.2, 0.25) is 5.15 Å². The molecule has 0 fully saturated rings. The van der Waals surface area contributed by atoms with Crippen molar-refractivity contribution < 1.29 is 8.42 Å². The normalized spacial score (nSPS) is 13.3. The third-order valence-corrected chi connectivity index (χ3v) is 5.44. The van der Waals surface area contributed by atoms with Crippen LogP contribution < -0.4 is 4.72 Å². The molecule has 1 aromatic heterocycles. The molecule has 0 amide bonds. The maximum absolute atomic E-state index is 12.6. The highest BCUT2D eigenvalue weighted by atomic mass is 35.5. The van der Waals surface area contributed by atoms with Gasteiger partial charge in [0.15, 0.2) is 0 Å². The molecule has 2 aromatic rings. The molecule has 1 unspecified atom stereocenters. The van der Waals surface area contributed by atoms with Gasteiger partial charge in [0.1, 0.15) is 10.0 Å². The molecule has 0 saturated heterocycles. The molecule has 0 aliphatic rings. The minimum Gasteiger partial charge on any atom is -0.255 e. The van der Waals surface area contributed by atoms with Crippen molar-refractivity contribution in [3.63, 3.8) is 0 Å². The molecule has 0 aliphatic carbocycles. The number of aromatic nitrogens is 2. The maximum atomic E-state index is 12.6. The summed E-state index contributed by atoms with van der Waals surface area (Å²) in [4.78, 5) is 0.0426. The Morgan fingerprint density at radius 1 is 1.33 bits per heavy atom. The summed E-state index contributed by atoms with van der Waals surface area (Å²) in [5, 5.41) is 4.16. The van der Waals surface area contributed by atoms with E-state index in [9.17, 15) is 8.42 Å². The van der Waals surface area contributed by atoms with E-state index in [2.05, 4.69) is 9.82 Å². The summed E-state index contributed by atoms with van der Waals surface area (Å²) >= 11 is 6.05. The Hall–Kier alpha value is -1.37. The predicted octanol–water partition coefficient (Wildman–Crippen LogP) is 2.81. The smallest absolute Gasteiger partial charge is 0.246 e. The number of sulfonamides is 1. The van der Waals surface area contributed by atoms with Gasteiger partial charge in [0, 0.05) is 13.1 Å². The van der Waals surface area contributed by atoms with Gasteiger partial charge in [0.05, 0.1) is 5.69 Å². The zero-order valence-corrected chi connectivity index (χ0v) is 13.7. The highest BCUT2D eigenvalue weighted by molar-refractivity contribution is 7.89. The van der Waals surface area contributed by atoms with Crippen LogP contribution in [0.4, 0.5) is 0 Å². The molecule has 0 aliphatic heterocycles. The Balaban J connectivity index is 2.36. The highest BCUT2D eigenvalue weighted by Crippen LogP contribution is 2.26. The van der Waals surface area contributed by atoms with Gasteiger partial charge in [0.25, 0.3) is 0 Å². The number of halogens is 1. The molecule has 1 atom stereocenters. The van der Waals surface area contributed by atoms with Crippen LogP contribution in [0.15, 0.2) is 35.2 Å². The van der Waals surface area contributed by atoms with Crippen molar-refractivity contribution in [2.24, 2.45) is 7.05 Å². The van der Waals surface area contributed by atoms with Gasteiger partial charge in [-0.25, -0.2) is 13.1 Å². The van der Waals surface area contributed by atoms with Gasteiger partial charge >= 0.3 is 0 Å². The van der Waals surface area contributed by atoms with Gasteiger partial charge in [-0.05, 0) is 18.9 Å². The summed E-state index contributed by atoms with van der Waals surface area (Å²) in [6.07, 6.45) is 0.639. The molecule has 7 heteroatoms. The molecule has 0 bridgehead atoms. The molecule has 114 valence electrons. The Morgan fingerprint density at radius 3 is 2.43 bits per heavy atom. The molecule has 1 heterocycles. The number of hydrogen-bond donors (Lipinski definition) is 1. The van der Waals surface area contributed by atoms with Gasteiger partial charge in [-0.2, -0.15) is 5.10 Å². The predicted molar refractivity (Wildman–Crippen MR) is 82.8 cm³/mol. The van der Waals surface area contributed by atoms with Crippen LogP contribution in [0.3, 0.4) is 0 Å². The number of nitrogens with one attached hydrogen (secondary N) is 1. The lowest BCUT2D eigenvalue weighted by Gasteiger charge is -2.17. The van der Waals surface area contributed by atoms with E-state index in [-0.39, 0.29) is 16.1 Å². The van der Waals surface area contributed by atoms with Crippen LogP contribution in [0, 0.1) is 6.92 Å². The van der Waals surface area contributed by atoms with Crippen LogP contribution in [-0.4, -0.2) is 18.2 Å². The lowest BCUT2D eigenvalue weighted by molar-refractivity contribution is 0.549. The van der Waals surface area contributed by atoms with E-state index in [1.165, 1.54) is 4.68 Å². The minimum atomic E-state index is -3.73. The van der Waals surface area contributed by atoms with Crippen molar-refractivity contribution in [3.05, 3.63) is 46.7 Å². The first-order chi connectivity index (χ1) is 9.86. The van der Waals surface area contributed by atoms with Crippen LogP contribution in [0.25, 0.3) is 0 Å². The summed E-state index contributed by atoms with van der Waals surface area (Å²) in [5.41, 5.74) is 1.30. The number of nitrogens with zero attached hydrogens (tertiary/aromatic N) is 2. The Bertz CT molecular complexity index is 726. The third-order valence-electron chi connectivity index (χ3n) is 3.28. The largest absolute Gasteiger partial charge is 0.255 e. The fourth-order valence-corrected chi connectivity index (χ4v) is 4.29. The van der Waals surface area contributed by atoms with E-state index in [1.54, 1.807) is 14.0 Å². The number of hydrogen-bond acceptors (Lipinski definition) is 3. The summed E-state index contributed by atoms with van der Waals surface area (Å²) in [5.74, 6) is 0. The van der Waals surface area contributed by atoms with Crippen molar-refractivity contribution in [3.8, 4) is 0 Å². The average Bonchev–Trinajstić information content (AvgIpc) is 2.71. The molecule has 0 radical (unpaired) electrons. The Kier molecular flexibility index (Phi) is 4.70. The van der Waals surface area contributed by atoms with Gasteiger partial charge < -0.3 is 0 Å². The fourth-order valence-electron chi connectivity index (χ4n) is 2.23. The molecule has 0 spiro atoms. The van der Waals surface area contributed by atoms with Crippen molar-refractivity contribution in [2.75, 3.05) is 0 Å². The van der Waals surface area contributed by atoms with Gasteiger partial charge in [-0.1, -0.05) is 48.9 Å². The van der Waals surface area contributed by atoms with E-state index in [4.69, 9.17) is 11.6 Å². The van der Waals surface area contributed by atoms with E-state index >= 15 is 0 Å². The fraction of sp³-hybridized carbons (Fsp3) is 0.357. The van der Waals surface area contributed by atoms with Gasteiger partial charge in [-0.3, -0.25) is 4.68 Å². The monoisotopic (exact) mass is 327 g/mol. The van der Waals surface area contributed by atoms with Crippen molar-refractivity contribution in [1.82, 2.24) is 14.5 Å². The lowest BCUT2D eigenvalue weighted by Crippen LogP contribution is -2.28. The van der Waals surface area contributed by atoms with E-state index in [1.807, 2.05) is 37.3 Å². The number of aryl methyl sites for hydroxylation is 2. The first kappa shape index (κ1) is 16.0. The lowest BCUT2D eigenvalue weighted by atomic mass is 10.1. The van der Waals surface area contributed by atoms with Crippen molar-refractivity contribution in [2.45, 2.75) is 31.2 Å². The summed E-state index contributed by atoms with van der Waals surface area (Å²) in [6.45, 7) is 3.56. The topological polar surface area (TPSA) is 64.0 Å². The van der Waals surface area contributed by atoms with Crippen molar-refractivity contribution >= 4 is 21.6 Å². The maximum Gasteiger partial charge on any atom is 0.246 e. The standard InChI is InChI=1S/C14H18ClN3O2S/c1-4-12(11-8-6-5-7-9-11)17-21(19,20)13-10(2)16-18(3)14(13)15/h5-9,12,17H,4H2,1-3H3. The molecule has 0 saturated carbocycles. The van der Waals surface area contributed by atoms with Gasteiger partial charge in [0.2, 0.25) is 10.0 Å². The first-order valence-electron chi connectivity index (χ1n) is 6.63. The molecule has 21 heavy (non-hydrogen) atoms. The molecule has 1 N–H and O–H groups in total. The number of benzene rings is 1. The van der Waals surface area contributed by atoms with Crippen LogP contribution in [0.5, 0.6) is 0 Å². The minimum absolute atomic E-state index is 0.0426. The Morgan fingerprint density at radius 2 is 1.95 bits per heavy atom. The van der Waals surface area contributed by atoms with E-state index in [0.29, 0.717) is 12.1 Å². The molecule has 1 aromatic carbocycles. The molecule has 5 nitrogen and oxygen atoms in total. The zero-order chi connectivity index (χ0) is 15.6. The molecule has 2 rings (SSSR count). The molecular weight excluding hydrogens is 310 g/mol. The van der Waals surface area contributed by atoms with Gasteiger partial charge in [-0.15, -0.1) is 0 Å². The third kappa shape index (κ3) is 3.28. The first-order valence-corrected chi connectivity index (χ1v) is 8.49. The van der Waals surface area contributed by atoms with E-state index < -0.39 is 10.0 Å². The summed E-state index contributed by atoms with van der Waals surface area (Å²) in [7, 11) is -2.11. The Labute approximate surface area is 130 Å².